The van der Waals surface area contributed by atoms with Gasteiger partial charge in [0.2, 0.25) is 5.78 Å². The van der Waals surface area contributed by atoms with E-state index in [2.05, 4.69) is 22.6 Å². The van der Waals surface area contributed by atoms with Crippen molar-refractivity contribution in [1.82, 2.24) is 0 Å². The highest BCUT2D eigenvalue weighted by atomic mass is 125. The van der Waals surface area contributed by atoms with Crippen LogP contribution in [0, 0.1) is 3.57 Å². The minimum atomic E-state index is -0.0554. The van der Waals surface area contributed by atoms with Crippen molar-refractivity contribution in [3.8, 4) is 5.75 Å². The summed E-state index contributed by atoms with van der Waals surface area (Å²) in [5.41, 5.74) is 2.71. The molecule has 0 N–H and O–H groups in total. The average molecular weight is 389 g/mol. The van der Waals surface area contributed by atoms with Gasteiger partial charge in [-0.05, 0) is 64.6 Å². The molecule has 0 bridgehead atoms. The molecule has 1 aliphatic heterocycles. The molecule has 4 heteroatoms. The molecular formula is C17H14INO2. The smallest absolute Gasteiger partial charge is 0.232 e. The van der Waals surface area contributed by atoms with Crippen LogP contribution in [0.25, 0.3) is 6.08 Å². The highest BCUT2D eigenvalue weighted by Gasteiger charge is 2.27. The minimum Gasteiger partial charge on any atom is -0.452 e. The van der Waals surface area contributed by atoms with Crippen LogP contribution >= 0.6 is 22.6 Å². The zero-order valence-corrected chi connectivity index (χ0v) is 13.9. The first-order chi connectivity index (χ1) is 10.0. The van der Waals surface area contributed by atoms with Crippen molar-refractivity contribution < 1.29 is 9.53 Å². The Morgan fingerprint density at radius 3 is 2.48 bits per heavy atom. The van der Waals surface area contributed by atoms with Crippen molar-refractivity contribution in [3.05, 3.63) is 62.9 Å². The molecule has 0 radical (unpaired) electrons. The molecule has 0 saturated carbocycles. The lowest BCUT2D eigenvalue weighted by atomic mass is 10.1. The van der Waals surface area contributed by atoms with Gasteiger partial charge in [0.15, 0.2) is 5.76 Å². The molecule has 0 aliphatic carbocycles. The summed E-state index contributed by atoms with van der Waals surface area (Å²) in [5, 5.41) is 0. The Labute approximate surface area is 137 Å². The molecule has 106 valence electrons. The zero-order chi connectivity index (χ0) is 15.0. The third kappa shape index (κ3) is 2.81. The quantitative estimate of drug-likeness (QED) is 0.575. The van der Waals surface area contributed by atoms with E-state index in [0.29, 0.717) is 17.1 Å². The molecule has 21 heavy (non-hydrogen) atoms. The fraction of sp³-hybridized carbons (Fsp3) is 0.118. The first-order valence-electron chi connectivity index (χ1n) is 6.56. The Bertz CT molecular complexity index is 733. The van der Waals surface area contributed by atoms with Crippen LogP contribution in [0.1, 0.15) is 15.9 Å². The van der Waals surface area contributed by atoms with E-state index in [1.807, 2.05) is 61.5 Å². The first kappa shape index (κ1) is 14.1. The highest BCUT2D eigenvalue weighted by Crippen LogP contribution is 2.32. The second-order valence-electron chi connectivity index (χ2n) is 5.07. The number of fused-ring (bicyclic) bond motifs is 1. The van der Waals surface area contributed by atoms with Gasteiger partial charge in [0.05, 0.1) is 5.56 Å². The van der Waals surface area contributed by atoms with Crippen LogP contribution in [-0.4, -0.2) is 19.9 Å². The van der Waals surface area contributed by atoms with E-state index in [9.17, 15) is 4.79 Å². The minimum absolute atomic E-state index is 0.0554. The molecule has 0 atom stereocenters. The summed E-state index contributed by atoms with van der Waals surface area (Å²) >= 11 is 2.19. The van der Waals surface area contributed by atoms with E-state index in [1.54, 1.807) is 6.08 Å². The van der Waals surface area contributed by atoms with Gasteiger partial charge in [0.1, 0.15) is 5.75 Å². The molecule has 0 aromatic heterocycles. The number of halogens is 1. The van der Waals surface area contributed by atoms with Gasteiger partial charge in [-0.15, -0.1) is 0 Å². The Morgan fingerprint density at radius 2 is 1.81 bits per heavy atom. The third-order valence-corrected chi connectivity index (χ3v) is 4.01. The Morgan fingerprint density at radius 1 is 1.10 bits per heavy atom. The molecule has 3 nitrogen and oxygen atoms in total. The number of nitrogens with zero attached hydrogens (tertiary/aromatic N) is 1. The summed E-state index contributed by atoms with van der Waals surface area (Å²) in [5.74, 6) is 0.960. The van der Waals surface area contributed by atoms with Crippen LogP contribution in [0.5, 0.6) is 5.75 Å². The van der Waals surface area contributed by atoms with Gasteiger partial charge < -0.3 is 9.64 Å². The van der Waals surface area contributed by atoms with E-state index in [4.69, 9.17) is 4.74 Å². The second kappa shape index (κ2) is 5.52. The van der Waals surface area contributed by atoms with Crippen molar-refractivity contribution in [2.24, 2.45) is 0 Å². The maximum atomic E-state index is 12.3. The number of ketones is 1. The Kier molecular flexibility index (Phi) is 3.71. The zero-order valence-electron chi connectivity index (χ0n) is 11.8. The SMILES string of the molecule is CN(C)c1ccc(/C=C2\Oc3ccc([125I])cc3C2=O)cc1. The molecular weight excluding hydrogens is 375 g/mol. The fourth-order valence-electron chi connectivity index (χ4n) is 2.18. The van der Waals surface area contributed by atoms with Crippen molar-refractivity contribution in [2.75, 3.05) is 19.0 Å². The number of anilines is 1. The van der Waals surface area contributed by atoms with Crippen molar-refractivity contribution >= 4 is 40.1 Å². The van der Waals surface area contributed by atoms with Gasteiger partial charge in [-0.1, -0.05) is 12.1 Å². The van der Waals surface area contributed by atoms with E-state index in [-0.39, 0.29) is 5.78 Å². The normalized spacial score (nSPS) is 15.0. The fourth-order valence-corrected chi connectivity index (χ4v) is 2.67. The Balaban J connectivity index is 1.90. The van der Waals surface area contributed by atoms with Crippen LogP contribution in [0.2, 0.25) is 0 Å². The largest absolute Gasteiger partial charge is 0.452 e. The number of hydrogen-bond acceptors (Lipinski definition) is 3. The second-order valence-corrected chi connectivity index (χ2v) is 6.31. The number of carbonyl (C=O) groups is 1. The summed E-state index contributed by atoms with van der Waals surface area (Å²) in [6.07, 6.45) is 1.79. The van der Waals surface area contributed by atoms with E-state index in [0.717, 1.165) is 14.8 Å². The molecule has 0 fully saturated rings. The lowest BCUT2D eigenvalue weighted by Crippen LogP contribution is -2.08. The molecule has 2 aromatic rings. The lowest BCUT2D eigenvalue weighted by molar-refractivity contribution is 0.101. The van der Waals surface area contributed by atoms with Crippen LogP contribution in [0.15, 0.2) is 48.2 Å². The van der Waals surface area contributed by atoms with Gasteiger partial charge >= 0.3 is 0 Å². The molecule has 0 saturated heterocycles. The third-order valence-electron chi connectivity index (χ3n) is 3.34. The predicted molar refractivity (Wildman–Crippen MR) is 92.9 cm³/mol. The van der Waals surface area contributed by atoms with Gasteiger partial charge in [-0.3, -0.25) is 4.79 Å². The number of carbonyl (C=O) groups excluding carboxylic acids is 1. The van der Waals surface area contributed by atoms with Crippen molar-refractivity contribution in [2.45, 2.75) is 0 Å². The molecule has 1 aliphatic rings. The maximum Gasteiger partial charge on any atom is 0.232 e. The van der Waals surface area contributed by atoms with E-state index < -0.39 is 0 Å². The number of hydrogen-bond donors (Lipinski definition) is 0. The summed E-state index contributed by atoms with van der Waals surface area (Å²) in [4.78, 5) is 14.4. The van der Waals surface area contributed by atoms with Crippen LogP contribution in [0.3, 0.4) is 0 Å². The molecule has 3 rings (SSSR count). The van der Waals surface area contributed by atoms with Crippen LogP contribution in [-0.2, 0) is 0 Å². The van der Waals surface area contributed by atoms with Gasteiger partial charge in [-0.2, -0.15) is 0 Å². The number of benzene rings is 2. The highest BCUT2D eigenvalue weighted by molar-refractivity contribution is 14.1. The number of Topliss-reactive ketones (excluding diaryl/α,β-unsaturated/α-hetero) is 1. The summed E-state index contributed by atoms with van der Waals surface area (Å²) < 4.78 is 6.68. The van der Waals surface area contributed by atoms with Gasteiger partial charge in [0.25, 0.3) is 0 Å². The molecule has 0 unspecified atom stereocenters. The average Bonchev–Trinajstić information content (AvgIpc) is 2.76. The van der Waals surface area contributed by atoms with Crippen LogP contribution < -0.4 is 9.64 Å². The number of ether oxygens (including phenoxy) is 1. The van der Waals surface area contributed by atoms with Crippen LogP contribution in [0.4, 0.5) is 5.69 Å². The van der Waals surface area contributed by atoms with E-state index >= 15 is 0 Å². The Hall–Kier alpha value is -1.82. The summed E-state index contributed by atoms with van der Waals surface area (Å²) in [6.45, 7) is 0. The molecule has 0 amide bonds. The molecule has 1 heterocycles. The lowest BCUT2D eigenvalue weighted by Gasteiger charge is -2.11. The topological polar surface area (TPSA) is 29.5 Å². The van der Waals surface area contributed by atoms with Gasteiger partial charge in [0, 0.05) is 23.4 Å². The number of allylic oxidation sites excluding steroid dienone is 1. The first-order valence-corrected chi connectivity index (χ1v) is 7.63. The van der Waals surface area contributed by atoms with Gasteiger partial charge in [-0.25, -0.2) is 0 Å². The maximum absolute atomic E-state index is 12.3. The number of rotatable bonds is 2. The summed E-state index contributed by atoms with van der Waals surface area (Å²) in [6, 6.07) is 13.6. The molecule has 0 spiro atoms. The summed E-state index contributed by atoms with van der Waals surface area (Å²) in [7, 11) is 3.99. The van der Waals surface area contributed by atoms with Crippen molar-refractivity contribution in [1.29, 1.82) is 0 Å². The standard InChI is InChI=1S/C17H14INO2/c1-19(2)13-6-3-11(4-7-13)9-16-17(20)14-10-12(18)5-8-15(14)21-16/h3-10H,1-2H3/b16-9-/i18-2. The van der Waals surface area contributed by atoms with Crippen molar-refractivity contribution in [3.63, 3.8) is 0 Å². The predicted octanol–water partition coefficient (Wildman–Crippen LogP) is 3.97. The molecule has 2 aromatic carbocycles. The van der Waals surface area contributed by atoms with E-state index in [1.165, 1.54) is 0 Å². The monoisotopic (exact) mass is 389 g/mol.